The van der Waals surface area contributed by atoms with Crippen molar-refractivity contribution in [3.05, 3.63) is 22.4 Å². The van der Waals surface area contributed by atoms with Crippen LogP contribution < -0.4 is 5.32 Å². The monoisotopic (exact) mass is 219 g/mol. The summed E-state index contributed by atoms with van der Waals surface area (Å²) in [4.78, 5) is 1.15. The Morgan fingerprint density at radius 1 is 1.50 bits per heavy atom. The fourth-order valence-corrected chi connectivity index (χ4v) is 2.19. The minimum absolute atomic E-state index is 0.0917. The third-order valence-electron chi connectivity index (χ3n) is 1.98. The minimum Gasteiger partial charge on any atom is -0.304 e. The second-order valence-electron chi connectivity index (χ2n) is 3.16. The number of nitrogens with one attached hydrogen (secondary N) is 1. The number of rotatable bonds is 6. The molecule has 1 rings (SSSR count). The maximum absolute atomic E-state index is 12.0. The molecule has 4 heteroatoms. The summed E-state index contributed by atoms with van der Waals surface area (Å²) in [6, 6.07) is 4.03. The van der Waals surface area contributed by atoms with Gasteiger partial charge in [-0.05, 0) is 17.9 Å². The highest BCUT2D eigenvalue weighted by atomic mass is 32.1. The summed E-state index contributed by atoms with van der Waals surface area (Å²) in [7, 11) is 0. The fourth-order valence-electron chi connectivity index (χ4n) is 1.35. The van der Waals surface area contributed by atoms with Crippen LogP contribution in [-0.4, -0.2) is 13.0 Å². The van der Waals surface area contributed by atoms with Gasteiger partial charge in [-0.3, -0.25) is 0 Å². The Balaban J connectivity index is 2.47. The zero-order valence-electron chi connectivity index (χ0n) is 8.17. The number of hydrogen-bond donors (Lipinski definition) is 1. The van der Waals surface area contributed by atoms with Crippen LogP contribution in [0, 0.1) is 0 Å². The predicted molar refractivity (Wildman–Crippen MR) is 56.0 cm³/mol. The molecule has 1 heterocycles. The van der Waals surface area contributed by atoms with E-state index in [0.29, 0.717) is 0 Å². The van der Waals surface area contributed by atoms with Crippen LogP contribution in [0.5, 0.6) is 0 Å². The van der Waals surface area contributed by atoms with E-state index in [9.17, 15) is 8.78 Å². The second kappa shape index (κ2) is 6.09. The van der Waals surface area contributed by atoms with E-state index in [-0.39, 0.29) is 12.6 Å². The third kappa shape index (κ3) is 3.72. The topological polar surface area (TPSA) is 12.0 Å². The molecule has 1 unspecified atom stereocenters. The van der Waals surface area contributed by atoms with Crippen molar-refractivity contribution in [2.24, 2.45) is 0 Å². The zero-order valence-corrected chi connectivity index (χ0v) is 8.99. The van der Waals surface area contributed by atoms with E-state index in [1.807, 2.05) is 17.5 Å². The molecule has 0 radical (unpaired) electrons. The highest BCUT2D eigenvalue weighted by molar-refractivity contribution is 7.10. The van der Waals surface area contributed by atoms with Gasteiger partial charge in [-0.2, -0.15) is 0 Å². The lowest BCUT2D eigenvalue weighted by atomic mass is 10.1. The van der Waals surface area contributed by atoms with Crippen LogP contribution in [0.1, 0.15) is 30.7 Å². The molecule has 1 aromatic heterocycles. The molecule has 80 valence electrons. The molecule has 0 aliphatic rings. The lowest BCUT2D eigenvalue weighted by Crippen LogP contribution is -2.25. The molecule has 0 aliphatic carbocycles. The molecule has 1 nitrogen and oxygen atoms in total. The van der Waals surface area contributed by atoms with Gasteiger partial charge in [0.25, 0.3) is 6.43 Å². The molecular formula is C10H15F2NS. The van der Waals surface area contributed by atoms with Crippen molar-refractivity contribution in [3.63, 3.8) is 0 Å². The van der Waals surface area contributed by atoms with Gasteiger partial charge < -0.3 is 5.32 Å². The van der Waals surface area contributed by atoms with Gasteiger partial charge in [-0.25, -0.2) is 8.78 Å². The number of thiophene rings is 1. The van der Waals surface area contributed by atoms with Crippen LogP contribution in [0.15, 0.2) is 17.5 Å². The Bertz CT molecular complexity index is 236. The number of halogens is 2. The maximum atomic E-state index is 12.0. The SMILES string of the molecule is CCCC(NCC(F)F)c1cccs1. The van der Waals surface area contributed by atoms with Crippen molar-refractivity contribution in [2.75, 3.05) is 6.54 Å². The van der Waals surface area contributed by atoms with Crippen molar-refractivity contribution in [3.8, 4) is 0 Å². The van der Waals surface area contributed by atoms with Crippen LogP contribution in [-0.2, 0) is 0 Å². The summed E-state index contributed by atoms with van der Waals surface area (Å²) in [5, 5.41) is 4.86. The summed E-state index contributed by atoms with van der Waals surface area (Å²) >= 11 is 1.62. The van der Waals surface area contributed by atoms with Crippen LogP contribution in [0.2, 0.25) is 0 Å². The Morgan fingerprint density at radius 3 is 2.79 bits per heavy atom. The summed E-state index contributed by atoms with van der Waals surface area (Å²) < 4.78 is 24.0. The molecule has 0 spiro atoms. The smallest absolute Gasteiger partial charge is 0.250 e. The van der Waals surface area contributed by atoms with Crippen LogP contribution in [0.4, 0.5) is 8.78 Å². The molecule has 14 heavy (non-hydrogen) atoms. The molecule has 0 saturated carbocycles. The van der Waals surface area contributed by atoms with Gasteiger partial charge in [0.1, 0.15) is 0 Å². The van der Waals surface area contributed by atoms with Crippen LogP contribution >= 0.6 is 11.3 Å². The van der Waals surface area contributed by atoms with E-state index in [4.69, 9.17) is 0 Å². The first-order valence-corrected chi connectivity index (χ1v) is 5.67. The van der Waals surface area contributed by atoms with Crippen LogP contribution in [0.3, 0.4) is 0 Å². The zero-order chi connectivity index (χ0) is 10.4. The van der Waals surface area contributed by atoms with Gasteiger partial charge in [-0.1, -0.05) is 19.4 Å². The van der Waals surface area contributed by atoms with Gasteiger partial charge in [0.05, 0.1) is 6.54 Å². The molecule has 1 aromatic rings. The maximum Gasteiger partial charge on any atom is 0.250 e. The van der Waals surface area contributed by atoms with E-state index >= 15 is 0 Å². The van der Waals surface area contributed by atoms with Gasteiger partial charge >= 0.3 is 0 Å². The van der Waals surface area contributed by atoms with E-state index in [1.54, 1.807) is 11.3 Å². The normalized spacial score (nSPS) is 13.4. The van der Waals surface area contributed by atoms with Gasteiger partial charge in [-0.15, -0.1) is 11.3 Å². The highest BCUT2D eigenvalue weighted by Gasteiger charge is 2.12. The van der Waals surface area contributed by atoms with E-state index in [2.05, 4.69) is 12.2 Å². The Kier molecular flexibility index (Phi) is 5.04. The Hall–Kier alpha value is -0.480. The summed E-state index contributed by atoms with van der Waals surface area (Å²) in [6.07, 6.45) is -0.360. The van der Waals surface area contributed by atoms with Gasteiger partial charge in [0, 0.05) is 10.9 Å². The summed E-state index contributed by atoms with van der Waals surface area (Å²) in [5.41, 5.74) is 0. The van der Waals surface area contributed by atoms with Gasteiger partial charge in [0.15, 0.2) is 0 Å². The van der Waals surface area contributed by atoms with Crippen molar-refractivity contribution in [2.45, 2.75) is 32.2 Å². The largest absolute Gasteiger partial charge is 0.304 e. The molecule has 0 saturated heterocycles. The first-order chi connectivity index (χ1) is 6.74. The molecule has 0 bridgehead atoms. The molecule has 0 amide bonds. The van der Waals surface area contributed by atoms with E-state index < -0.39 is 6.43 Å². The third-order valence-corrected chi connectivity index (χ3v) is 2.97. The lowest BCUT2D eigenvalue weighted by Gasteiger charge is -2.16. The Labute approximate surface area is 87.1 Å². The van der Waals surface area contributed by atoms with Crippen molar-refractivity contribution in [1.29, 1.82) is 0 Å². The molecule has 0 aliphatic heterocycles. The minimum atomic E-state index is -2.27. The molecule has 0 aromatic carbocycles. The molecular weight excluding hydrogens is 204 g/mol. The highest BCUT2D eigenvalue weighted by Crippen LogP contribution is 2.23. The predicted octanol–water partition coefficient (Wildman–Crippen LogP) is 3.44. The van der Waals surface area contributed by atoms with E-state index in [1.165, 1.54) is 0 Å². The number of hydrogen-bond acceptors (Lipinski definition) is 2. The van der Waals surface area contributed by atoms with Crippen molar-refractivity contribution < 1.29 is 8.78 Å². The first-order valence-electron chi connectivity index (χ1n) is 4.79. The number of alkyl halides is 2. The lowest BCUT2D eigenvalue weighted by molar-refractivity contribution is 0.140. The molecule has 0 fully saturated rings. The molecule has 1 atom stereocenters. The average molecular weight is 219 g/mol. The quantitative estimate of drug-likeness (QED) is 0.772. The van der Waals surface area contributed by atoms with Crippen molar-refractivity contribution >= 4 is 11.3 Å². The standard InChI is InChI=1S/C10H15F2NS/c1-2-4-8(13-7-10(11)12)9-5-3-6-14-9/h3,5-6,8,10,13H,2,4,7H2,1H3. The second-order valence-corrected chi connectivity index (χ2v) is 4.14. The van der Waals surface area contributed by atoms with Gasteiger partial charge in [0.2, 0.25) is 0 Å². The average Bonchev–Trinajstić information content (AvgIpc) is 2.64. The summed E-state index contributed by atoms with van der Waals surface area (Å²) in [6.45, 7) is 1.84. The first kappa shape index (κ1) is 11.6. The summed E-state index contributed by atoms with van der Waals surface area (Å²) in [5.74, 6) is 0. The molecule has 1 N–H and O–H groups in total. The Morgan fingerprint density at radius 2 is 2.29 bits per heavy atom. The fraction of sp³-hybridized carbons (Fsp3) is 0.600. The van der Waals surface area contributed by atoms with Crippen LogP contribution in [0.25, 0.3) is 0 Å². The van der Waals surface area contributed by atoms with Crippen molar-refractivity contribution in [1.82, 2.24) is 5.32 Å². The van der Waals surface area contributed by atoms with E-state index in [0.717, 1.165) is 17.7 Å².